The fraction of sp³-hybridized carbons (Fsp3) is 0.333. The highest BCUT2D eigenvalue weighted by Gasteiger charge is 2.39. The molecule has 1 unspecified atom stereocenters. The molecule has 0 saturated carbocycles. The first kappa shape index (κ1) is 23.6. The molecule has 1 fully saturated rings. The Morgan fingerprint density at radius 2 is 1.91 bits per heavy atom. The van der Waals surface area contributed by atoms with Crippen LogP contribution in [0.4, 0.5) is 17.5 Å². The van der Waals surface area contributed by atoms with Crippen LogP contribution < -0.4 is 14.9 Å². The topological polar surface area (TPSA) is 117 Å². The highest BCUT2D eigenvalue weighted by Crippen LogP contribution is 2.37. The number of hydrogen-bond acceptors (Lipinski definition) is 8. The molecule has 1 atom stereocenters. The van der Waals surface area contributed by atoms with E-state index < -0.39 is 15.9 Å². The number of nitrogens with zero attached hydrogens (tertiary/aromatic N) is 4. The largest absolute Gasteiger partial charge is 0.351 e. The van der Waals surface area contributed by atoms with Crippen molar-refractivity contribution in [1.29, 1.82) is 0 Å². The van der Waals surface area contributed by atoms with Crippen molar-refractivity contribution in [3.8, 4) is 0 Å². The Balaban J connectivity index is 0.00000228. The first-order chi connectivity index (χ1) is 16.0. The van der Waals surface area contributed by atoms with E-state index >= 15 is 0 Å². The molecule has 34 heavy (non-hydrogen) atoms. The minimum atomic E-state index is -4.23. The molecule has 4 heterocycles. The molecule has 1 aliphatic heterocycles. The molecule has 3 aromatic rings. The molecule has 2 N–H and O–H groups in total. The van der Waals surface area contributed by atoms with Crippen LogP contribution in [0.15, 0.2) is 59.9 Å². The number of anilines is 3. The van der Waals surface area contributed by atoms with Crippen molar-refractivity contribution in [1.82, 2.24) is 19.7 Å². The summed E-state index contributed by atoms with van der Waals surface area (Å²) in [5, 5.41) is 2.71. The lowest BCUT2D eigenvalue weighted by Crippen LogP contribution is -2.41. The molecule has 1 aliphatic rings. The number of rotatable bonds is 6. The molecular formula is C24H32N6O3S. The van der Waals surface area contributed by atoms with Gasteiger partial charge in [0.15, 0.2) is 5.03 Å². The van der Waals surface area contributed by atoms with Crippen molar-refractivity contribution in [2.75, 3.05) is 16.8 Å². The first-order valence-corrected chi connectivity index (χ1v) is 12.5. The summed E-state index contributed by atoms with van der Waals surface area (Å²) >= 11 is 0. The van der Waals surface area contributed by atoms with Crippen molar-refractivity contribution >= 4 is 33.4 Å². The Kier molecular flexibility index (Phi) is 6.26. The van der Waals surface area contributed by atoms with Gasteiger partial charge in [0.1, 0.15) is 17.5 Å². The van der Waals surface area contributed by atoms with Crippen LogP contribution in [0, 0.1) is 12.8 Å². The minimum absolute atomic E-state index is 0. The maximum absolute atomic E-state index is 13.1. The average Bonchev–Trinajstić information content (AvgIpc) is 3.05. The van der Waals surface area contributed by atoms with Gasteiger partial charge in [-0.3, -0.25) is 4.79 Å². The van der Waals surface area contributed by atoms with Crippen molar-refractivity contribution in [2.24, 2.45) is 5.92 Å². The standard InChI is InChI=1S/C24H28N6O3S.2H2/c1-16-10-12-25-20(13-16)27-19-8-5-9-21(28-19)34(32,33)29-23(31)18-7-6-11-26-22(18)30-15-17(2)14-24(30,3)4;;/h5-13,17H,14-15H2,1-4H3,(H,29,31)(H,25,27,28);2*1H. The summed E-state index contributed by atoms with van der Waals surface area (Å²) in [6.45, 7) is 8.99. The summed E-state index contributed by atoms with van der Waals surface area (Å²) in [7, 11) is -4.23. The lowest BCUT2D eigenvalue weighted by atomic mass is 9.97. The summed E-state index contributed by atoms with van der Waals surface area (Å²) in [6.07, 6.45) is 4.20. The van der Waals surface area contributed by atoms with Crippen LogP contribution >= 0.6 is 0 Å². The minimum Gasteiger partial charge on any atom is -0.351 e. The molecule has 1 saturated heterocycles. The van der Waals surface area contributed by atoms with Crippen LogP contribution in [0.25, 0.3) is 0 Å². The molecule has 3 aromatic heterocycles. The Bertz CT molecular complexity index is 1340. The van der Waals surface area contributed by atoms with E-state index in [1.54, 1.807) is 36.7 Å². The fourth-order valence-electron chi connectivity index (χ4n) is 4.35. The number of carbonyl (C=O) groups is 1. The molecule has 182 valence electrons. The van der Waals surface area contributed by atoms with E-state index in [2.05, 4.69) is 50.7 Å². The van der Waals surface area contributed by atoms with Crippen LogP contribution in [0.2, 0.25) is 0 Å². The van der Waals surface area contributed by atoms with Gasteiger partial charge >= 0.3 is 0 Å². The second kappa shape index (κ2) is 9.02. The van der Waals surface area contributed by atoms with Crippen LogP contribution in [0.3, 0.4) is 0 Å². The summed E-state index contributed by atoms with van der Waals surface area (Å²) in [4.78, 5) is 28.0. The van der Waals surface area contributed by atoms with E-state index in [-0.39, 0.29) is 19.0 Å². The SMILES string of the molecule is Cc1ccnc(Nc2cccc(S(=O)(=O)NC(=O)c3cccnc3N3CC(C)CC3(C)C)n2)c1.[HH].[HH]. The second-order valence-electron chi connectivity index (χ2n) is 9.25. The number of carbonyl (C=O) groups excluding carboxylic acids is 1. The van der Waals surface area contributed by atoms with Gasteiger partial charge in [0.25, 0.3) is 15.9 Å². The molecule has 4 rings (SSSR count). The number of amides is 1. The van der Waals surface area contributed by atoms with E-state index in [0.29, 0.717) is 23.4 Å². The van der Waals surface area contributed by atoms with Crippen LogP contribution in [-0.4, -0.2) is 41.4 Å². The summed E-state index contributed by atoms with van der Waals surface area (Å²) in [5.74, 6) is 0.980. The zero-order valence-corrected chi connectivity index (χ0v) is 20.4. The third kappa shape index (κ3) is 5.01. The molecular weight excluding hydrogens is 452 g/mol. The first-order valence-electron chi connectivity index (χ1n) is 11.0. The zero-order chi connectivity index (χ0) is 24.5. The van der Waals surface area contributed by atoms with Gasteiger partial charge in [-0.25, -0.2) is 19.7 Å². The highest BCUT2D eigenvalue weighted by molar-refractivity contribution is 7.90. The van der Waals surface area contributed by atoms with Gasteiger partial charge in [0.05, 0.1) is 5.56 Å². The maximum Gasteiger partial charge on any atom is 0.281 e. The predicted octanol–water partition coefficient (Wildman–Crippen LogP) is 4.16. The van der Waals surface area contributed by atoms with Crippen LogP contribution in [0.1, 0.15) is 46.0 Å². The van der Waals surface area contributed by atoms with E-state index in [9.17, 15) is 13.2 Å². The molecule has 0 aromatic carbocycles. The maximum atomic E-state index is 13.1. The quantitative estimate of drug-likeness (QED) is 0.536. The number of nitrogens with one attached hydrogen (secondary N) is 2. The summed E-state index contributed by atoms with van der Waals surface area (Å²) in [5.41, 5.74) is 0.996. The lowest BCUT2D eigenvalue weighted by molar-refractivity contribution is 0.0981. The Hall–Kier alpha value is -3.53. The van der Waals surface area contributed by atoms with Gasteiger partial charge in [-0.2, -0.15) is 8.42 Å². The number of pyridine rings is 3. The van der Waals surface area contributed by atoms with Gasteiger partial charge in [-0.1, -0.05) is 13.0 Å². The van der Waals surface area contributed by atoms with Crippen molar-refractivity contribution in [2.45, 2.75) is 44.7 Å². The second-order valence-corrected chi connectivity index (χ2v) is 10.9. The van der Waals surface area contributed by atoms with Crippen LogP contribution in [0.5, 0.6) is 0 Å². The molecule has 1 amide bonds. The number of hydrogen-bond donors (Lipinski definition) is 2. The van der Waals surface area contributed by atoms with Gasteiger partial charge in [0.2, 0.25) is 0 Å². The van der Waals surface area contributed by atoms with Gasteiger partial charge in [-0.15, -0.1) is 0 Å². The predicted molar refractivity (Wildman–Crippen MR) is 135 cm³/mol. The molecule has 0 bridgehead atoms. The van der Waals surface area contributed by atoms with Gasteiger partial charge < -0.3 is 10.2 Å². The van der Waals surface area contributed by atoms with Crippen molar-refractivity contribution < 1.29 is 16.1 Å². The van der Waals surface area contributed by atoms with E-state index in [1.807, 2.05) is 19.1 Å². The Morgan fingerprint density at radius 3 is 2.62 bits per heavy atom. The number of sulfonamides is 1. The number of aromatic nitrogens is 3. The van der Waals surface area contributed by atoms with E-state index in [4.69, 9.17) is 0 Å². The monoisotopic (exact) mass is 484 g/mol. The lowest BCUT2D eigenvalue weighted by Gasteiger charge is -2.33. The van der Waals surface area contributed by atoms with E-state index in [0.717, 1.165) is 18.5 Å². The highest BCUT2D eigenvalue weighted by atomic mass is 32.2. The Morgan fingerprint density at radius 1 is 1.12 bits per heavy atom. The third-order valence-corrected chi connectivity index (χ3v) is 6.99. The smallest absolute Gasteiger partial charge is 0.281 e. The third-order valence-electron chi connectivity index (χ3n) is 5.76. The summed E-state index contributed by atoms with van der Waals surface area (Å²) < 4.78 is 28.2. The van der Waals surface area contributed by atoms with Crippen molar-refractivity contribution in [3.05, 3.63) is 66.0 Å². The molecule has 9 nitrogen and oxygen atoms in total. The molecule has 0 radical (unpaired) electrons. The molecule has 0 aliphatic carbocycles. The van der Waals surface area contributed by atoms with E-state index in [1.165, 1.54) is 6.07 Å². The molecule has 10 heteroatoms. The van der Waals surface area contributed by atoms with Gasteiger partial charge in [-0.05, 0) is 75.1 Å². The zero-order valence-electron chi connectivity index (χ0n) is 19.6. The fourth-order valence-corrected chi connectivity index (χ4v) is 5.28. The average molecular weight is 485 g/mol. The number of aryl methyl sites for hydroxylation is 1. The molecule has 0 spiro atoms. The summed E-state index contributed by atoms with van der Waals surface area (Å²) in [6, 6.07) is 11.4. The van der Waals surface area contributed by atoms with Crippen molar-refractivity contribution in [3.63, 3.8) is 0 Å². The van der Waals surface area contributed by atoms with Crippen LogP contribution in [-0.2, 0) is 10.0 Å². The normalized spacial score (nSPS) is 17.4. The van der Waals surface area contributed by atoms with Gasteiger partial charge in [0, 0.05) is 27.3 Å². The Labute approximate surface area is 202 Å².